The van der Waals surface area contributed by atoms with E-state index < -0.39 is 0 Å². The molecule has 0 saturated heterocycles. The Morgan fingerprint density at radius 1 is 0.769 bits per heavy atom. The highest BCUT2D eigenvalue weighted by molar-refractivity contribution is 5.91. The molecule has 0 fully saturated rings. The second-order valence-corrected chi connectivity index (χ2v) is 5.61. The van der Waals surface area contributed by atoms with E-state index in [1.807, 2.05) is 50.8 Å². The maximum absolute atomic E-state index is 12.0. The molecule has 0 aliphatic carbocycles. The van der Waals surface area contributed by atoms with Gasteiger partial charge in [-0.05, 0) is 25.0 Å². The van der Waals surface area contributed by atoms with E-state index in [-0.39, 0.29) is 59.8 Å². The summed E-state index contributed by atoms with van der Waals surface area (Å²) in [5.74, 6) is -0.170. The first-order chi connectivity index (χ1) is 11.6. The molecule has 0 atom stereocenters. The molecule has 0 bridgehead atoms. The zero-order chi connectivity index (χ0) is 17.4. The summed E-state index contributed by atoms with van der Waals surface area (Å²) in [5.41, 5.74) is 1.25. The summed E-state index contributed by atoms with van der Waals surface area (Å²) in [6.07, 6.45) is 5.30. The molecule has 2 rings (SSSR count). The Bertz CT molecular complexity index is 664. The second kappa shape index (κ2) is 13.0. The van der Waals surface area contributed by atoms with Crippen LogP contribution in [0.4, 0.5) is 0 Å². The highest BCUT2D eigenvalue weighted by Crippen LogP contribution is 1.93. The van der Waals surface area contributed by atoms with Crippen molar-refractivity contribution in [1.29, 1.82) is 0 Å². The van der Waals surface area contributed by atoms with E-state index >= 15 is 0 Å². The number of carbonyl (C=O) groups is 2. The Balaban J connectivity index is 0.00000312. The Hall–Kier alpha value is -1.30. The standard InChI is InChI=1S/C18H22N4O2.2HI/c1-21-13-7-3-9-15(21)17(23)19-11-5-6-12-20-18(24)16-10-4-8-14-22(16)2;;/h3-4,7-10,13-14H,5-6,11-12H2,1-2H3;2*1H. The van der Waals surface area contributed by atoms with Crippen LogP contribution in [0.3, 0.4) is 0 Å². The molecule has 0 aromatic carbocycles. The Kier molecular flexibility index (Phi) is 12.3. The monoisotopic (exact) mass is 582 g/mol. The summed E-state index contributed by atoms with van der Waals surface area (Å²) in [6, 6.07) is 11.0. The lowest BCUT2D eigenvalue weighted by atomic mass is 10.2. The smallest absolute Gasteiger partial charge is 0.316 e. The Morgan fingerprint density at radius 3 is 1.50 bits per heavy atom. The van der Waals surface area contributed by atoms with Crippen molar-refractivity contribution < 1.29 is 66.7 Å². The van der Waals surface area contributed by atoms with E-state index in [1.54, 1.807) is 21.3 Å². The highest BCUT2D eigenvalue weighted by Gasteiger charge is 2.15. The van der Waals surface area contributed by atoms with E-state index in [0.717, 1.165) is 12.8 Å². The molecule has 2 aromatic rings. The summed E-state index contributed by atoms with van der Waals surface area (Å²) in [7, 11) is 3.68. The lowest BCUT2D eigenvalue weighted by Crippen LogP contribution is -3.00. The minimum Gasteiger partial charge on any atom is -1.00 e. The van der Waals surface area contributed by atoms with Crippen molar-refractivity contribution in [3.05, 3.63) is 60.2 Å². The van der Waals surface area contributed by atoms with Gasteiger partial charge in [-0.25, -0.2) is 0 Å². The van der Waals surface area contributed by atoms with Gasteiger partial charge in [0.25, 0.3) is 11.4 Å². The molecule has 6 nitrogen and oxygen atoms in total. The van der Waals surface area contributed by atoms with Crippen molar-refractivity contribution in [3.63, 3.8) is 0 Å². The van der Waals surface area contributed by atoms with Crippen LogP contribution in [0.25, 0.3) is 0 Å². The highest BCUT2D eigenvalue weighted by atomic mass is 127. The molecule has 0 radical (unpaired) electrons. The first kappa shape index (κ1) is 24.7. The van der Waals surface area contributed by atoms with Gasteiger partial charge in [-0.2, -0.15) is 9.13 Å². The predicted molar refractivity (Wildman–Crippen MR) is 89.1 cm³/mol. The number of nitrogens with zero attached hydrogens (tertiary/aromatic N) is 2. The fourth-order valence-corrected chi connectivity index (χ4v) is 2.35. The van der Waals surface area contributed by atoms with Gasteiger partial charge in [-0.15, -0.1) is 0 Å². The van der Waals surface area contributed by atoms with Crippen molar-refractivity contribution in [1.82, 2.24) is 10.6 Å². The molecule has 0 unspecified atom stereocenters. The van der Waals surface area contributed by atoms with Crippen molar-refractivity contribution in [2.75, 3.05) is 13.1 Å². The number of aromatic nitrogens is 2. The van der Waals surface area contributed by atoms with Crippen LogP contribution in [-0.2, 0) is 14.1 Å². The third kappa shape index (κ3) is 7.52. The van der Waals surface area contributed by atoms with Crippen LogP contribution in [0.1, 0.15) is 33.8 Å². The van der Waals surface area contributed by atoms with E-state index in [1.165, 1.54) is 0 Å². The third-order valence-electron chi connectivity index (χ3n) is 3.75. The van der Waals surface area contributed by atoms with Crippen molar-refractivity contribution in [3.8, 4) is 0 Å². The topological polar surface area (TPSA) is 66.0 Å². The number of pyridine rings is 2. The van der Waals surface area contributed by atoms with Crippen LogP contribution in [0.5, 0.6) is 0 Å². The summed E-state index contributed by atoms with van der Waals surface area (Å²) < 4.78 is 3.57. The minimum atomic E-state index is -0.0848. The molecule has 2 N–H and O–H groups in total. The number of aryl methyl sites for hydroxylation is 2. The summed E-state index contributed by atoms with van der Waals surface area (Å²) in [4.78, 5) is 24.0. The Morgan fingerprint density at radius 2 is 1.15 bits per heavy atom. The number of hydrogen-bond donors (Lipinski definition) is 2. The van der Waals surface area contributed by atoms with Crippen LogP contribution < -0.4 is 67.7 Å². The van der Waals surface area contributed by atoms with E-state index in [9.17, 15) is 9.59 Å². The Labute approximate surface area is 188 Å². The molecule has 26 heavy (non-hydrogen) atoms. The molecule has 2 heterocycles. The van der Waals surface area contributed by atoms with Crippen molar-refractivity contribution >= 4 is 11.8 Å². The number of unbranched alkanes of at least 4 members (excludes halogenated alkanes) is 1. The fourth-order valence-electron chi connectivity index (χ4n) is 2.35. The minimum absolute atomic E-state index is 0. The number of halogens is 2. The maximum Gasteiger partial charge on any atom is 0.316 e. The summed E-state index contributed by atoms with van der Waals surface area (Å²) in [6.45, 7) is 1.17. The molecule has 8 heteroatoms. The molecule has 0 aliphatic heterocycles. The fraction of sp³-hybridized carbons (Fsp3) is 0.333. The van der Waals surface area contributed by atoms with Gasteiger partial charge in [-0.1, -0.05) is 0 Å². The molecule has 0 spiro atoms. The molecular formula is C18H24I2N4O2. The van der Waals surface area contributed by atoms with Crippen molar-refractivity contribution in [2.45, 2.75) is 12.8 Å². The zero-order valence-corrected chi connectivity index (χ0v) is 19.2. The summed E-state index contributed by atoms with van der Waals surface area (Å²) >= 11 is 0. The number of carbonyl (C=O) groups excluding carboxylic acids is 2. The number of rotatable bonds is 7. The van der Waals surface area contributed by atoms with Crippen molar-refractivity contribution in [2.24, 2.45) is 14.1 Å². The van der Waals surface area contributed by atoms with Crippen LogP contribution in [0.15, 0.2) is 48.8 Å². The quantitative estimate of drug-likeness (QED) is 0.195. The molecule has 2 amide bonds. The van der Waals surface area contributed by atoms with Crippen LogP contribution >= 0.6 is 0 Å². The van der Waals surface area contributed by atoms with Gasteiger partial charge in [0.2, 0.25) is 0 Å². The molecule has 2 aromatic heterocycles. The van der Waals surface area contributed by atoms with Crippen LogP contribution in [0, 0.1) is 0 Å². The van der Waals surface area contributed by atoms with Gasteiger partial charge in [0.1, 0.15) is 14.1 Å². The molecule has 142 valence electrons. The number of nitrogens with one attached hydrogen (secondary N) is 2. The largest absolute Gasteiger partial charge is 1.00 e. The summed E-state index contributed by atoms with van der Waals surface area (Å²) in [5, 5.41) is 5.78. The van der Waals surface area contributed by atoms with E-state index in [4.69, 9.17) is 0 Å². The number of hydrogen-bond acceptors (Lipinski definition) is 2. The zero-order valence-electron chi connectivity index (χ0n) is 14.9. The normalized spacial score (nSPS) is 9.46. The third-order valence-corrected chi connectivity index (χ3v) is 3.75. The second-order valence-electron chi connectivity index (χ2n) is 5.61. The number of amides is 2. The van der Waals surface area contributed by atoms with Gasteiger partial charge in [0, 0.05) is 37.4 Å². The van der Waals surface area contributed by atoms with Gasteiger partial charge < -0.3 is 58.6 Å². The molecular weight excluding hydrogens is 558 g/mol. The van der Waals surface area contributed by atoms with E-state index in [2.05, 4.69) is 10.6 Å². The first-order valence-electron chi connectivity index (χ1n) is 8.05. The first-order valence-corrected chi connectivity index (χ1v) is 8.05. The lowest BCUT2D eigenvalue weighted by molar-refractivity contribution is -0.673. The SMILES string of the molecule is C[n+]1ccccc1C(=O)NCCCCNC(=O)c1cccc[n+]1C.[I-].[I-]. The average molecular weight is 582 g/mol. The van der Waals surface area contributed by atoms with Gasteiger partial charge >= 0.3 is 11.8 Å². The predicted octanol–water partition coefficient (Wildman–Crippen LogP) is -5.72. The maximum atomic E-state index is 12.0. The van der Waals surface area contributed by atoms with E-state index in [0.29, 0.717) is 24.5 Å². The molecule has 0 aliphatic rings. The molecule has 0 saturated carbocycles. The van der Waals surface area contributed by atoms with Gasteiger partial charge in [0.05, 0.1) is 0 Å². The van der Waals surface area contributed by atoms with Crippen LogP contribution in [-0.4, -0.2) is 24.9 Å². The average Bonchev–Trinajstić information content (AvgIpc) is 2.58. The van der Waals surface area contributed by atoms with Crippen LogP contribution in [0.2, 0.25) is 0 Å². The van der Waals surface area contributed by atoms with Gasteiger partial charge in [-0.3, -0.25) is 9.59 Å². The lowest BCUT2D eigenvalue weighted by Gasteiger charge is -2.05. The van der Waals surface area contributed by atoms with Gasteiger partial charge in [0.15, 0.2) is 12.4 Å².